The van der Waals surface area contributed by atoms with E-state index in [1.807, 2.05) is 32.0 Å². The number of hydrogen-bond acceptors (Lipinski definition) is 8. The highest BCUT2D eigenvalue weighted by atomic mass is 16.3. The third-order valence-corrected chi connectivity index (χ3v) is 8.84. The first-order chi connectivity index (χ1) is 23.2. The fourth-order valence-electron chi connectivity index (χ4n) is 5.93. The molecule has 2 saturated heterocycles. The molecule has 0 radical (unpaired) electrons. The van der Waals surface area contributed by atoms with E-state index in [-0.39, 0.29) is 5.75 Å². The second-order valence-electron chi connectivity index (χ2n) is 13.1. The van der Waals surface area contributed by atoms with Crippen LogP contribution < -0.4 is 21.7 Å². The van der Waals surface area contributed by atoms with Crippen LogP contribution in [0.15, 0.2) is 36.4 Å². The molecule has 2 aromatic rings. The summed E-state index contributed by atoms with van der Waals surface area (Å²) in [7, 11) is 2.23. The number of rotatable bonds is 14. The number of carbonyl (C=O) groups is 2. The topological polar surface area (TPSA) is 123 Å². The molecule has 1 amide bonds. The standard InChI is InChI=1S/C16H26N2O.C10H21N3.C8H11NO.C5H10O/c1-3-5-10-15(8-4-2)18-16-11-7-6-9-14(16)12-17-13-19;1-12-6-2-10(3-7-12)13-8-4-11-5-9-13;1-5-3-6(2)8(9)7(10)4-5;1-2-3-4-5-6/h6-7,9,11,13,15,18H,3-5,8,10,12H2,1-2H3,(H,17,19);10-11H,2-9H2,1H3;3-4,10H,9H2,1-2H3;5H,2-4H2,1H3. The van der Waals surface area contributed by atoms with Gasteiger partial charge in [0.25, 0.3) is 0 Å². The molecule has 9 heteroatoms. The van der Waals surface area contributed by atoms with Gasteiger partial charge < -0.3 is 36.5 Å². The zero-order valence-corrected chi connectivity index (χ0v) is 31.0. The smallest absolute Gasteiger partial charge is 0.207 e. The van der Waals surface area contributed by atoms with Crippen molar-refractivity contribution in [3.05, 3.63) is 53.1 Å². The van der Waals surface area contributed by atoms with Crippen molar-refractivity contribution in [2.24, 2.45) is 0 Å². The van der Waals surface area contributed by atoms with Crippen LogP contribution in [0.2, 0.25) is 0 Å². The highest BCUT2D eigenvalue weighted by Crippen LogP contribution is 2.24. The molecule has 2 fully saturated rings. The van der Waals surface area contributed by atoms with Crippen molar-refractivity contribution >= 4 is 24.1 Å². The van der Waals surface area contributed by atoms with Crippen molar-refractivity contribution in [3.8, 4) is 5.75 Å². The number of unbranched alkanes of at least 4 members (excludes halogenated alkanes) is 3. The van der Waals surface area contributed by atoms with E-state index in [9.17, 15) is 9.59 Å². The molecule has 0 saturated carbocycles. The number of carbonyl (C=O) groups excluding carboxylic acids is 2. The Morgan fingerprint density at radius 1 is 0.958 bits per heavy atom. The SMILES string of the molecule is CCCCC(CCC)Nc1ccccc1CNC=O.CCCCC=O.CN1CCC(N2CCNCC2)CC1.Cc1cc(C)c(N)c(O)c1. The molecule has 272 valence electrons. The van der Waals surface area contributed by atoms with E-state index in [1.54, 1.807) is 6.07 Å². The summed E-state index contributed by atoms with van der Waals surface area (Å²) in [5.74, 6) is 0.178. The van der Waals surface area contributed by atoms with Gasteiger partial charge in [0.2, 0.25) is 6.41 Å². The minimum atomic E-state index is 0.178. The zero-order valence-electron chi connectivity index (χ0n) is 31.0. The summed E-state index contributed by atoms with van der Waals surface area (Å²) in [5.41, 5.74) is 10.2. The fourth-order valence-corrected chi connectivity index (χ4v) is 5.93. The van der Waals surface area contributed by atoms with Gasteiger partial charge in [-0.05, 0) is 94.9 Å². The van der Waals surface area contributed by atoms with Crippen LogP contribution in [0.25, 0.3) is 0 Å². The van der Waals surface area contributed by atoms with Gasteiger partial charge in [-0.1, -0.05) is 70.7 Å². The van der Waals surface area contributed by atoms with Crippen LogP contribution in [-0.2, 0) is 16.1 Å². The average molecular weight is 669 g/mol. The monoisotopic (exact) mass is 669 g/mol. The Hall–Kier alpha value is -3.14. The Kier molecular flexibility index (Phi) is 23.9. The third-order valence-electron chi connectivity index (χ3n) is 8.84. The molecule has 9 nitrogen and oxygen atoms in total. The molecule has 48 heavy (non-hydrogen) atoms. The lowest BCUT2D eigenvalue weighted by Crippen LogP contribution is -2.51. The van der Waals surface area contributed by atoms with Crippen molar-refractivity contribution in [1.82, 2.24) is 20.4 Å². The first kappa shape index (κ1) is 42.9. The molecule has 1 atom stereocenters. The number of likely N-dealkylation sites (tertiary alicyclic amines) is 1. The number of nitrogens with two attached hydrogens (primary N) is 1. The van der Waals surface area contributed by atoms with Crippen LogP contribution in [0.4, 0.5) is 11.4 Å². The summed E-state index contributed by atoms with van der Waals surface area (Å²) in [6.07, 6.45) is 13.4. The number of hydrogen-bond donors (Lipinski definition) is 5. The van der Waals surface area contributed by atoms with Crippen LogP contribution in [0.3, 0.4) is 0 Å². The Bertz CT molecular complexity index is 1090. The first-order valence-electron chi connectivity index (χ1n) is 18.3. The van der Waals surface area contributed by atoms with E-state index in [0.717, 1.165) is 60.4 Å². The molecule has 2 heterocycles. The van der Waals surface area contributed by atoms with Gasteiger partial charge in [-0.2, -0.15) is 0 Å². The molecule has 1 unspecified atom stereocenters. The van der Waals surface area contributed by atoms with E-state index in [2.05, 4.69) is 65.7 Å². The number of aromatic hydroxyl groups is 1. The van der Waals surface area contributed by atoms with E-state index in [0.29, 0.717) is 18.3 Å². The van der Waals surface area contributed by atoms with Gasteiger partial charge in [0.15, 0.2) is 0 Å². The van der Waals surface area contributed by atoms with Crippen LogP contribution >= 0.6 is 0 Å². The van der Waals surface area contributed by atoms with Gasteiger partial charge in [0, 0.05) is 56.9 Å². The van der Waals surface area contributed by atoms with E-state index in [1.165, 1.54) is 84.2 Å². The molecule has 2 aliphatic rings. The van der Waals surface area contributed by atoms with Crippen LogP contribution in [0, 0.1) is 13.8 Å². The Balaban J connectivity index is 0.000000345. The lowest BCUT2D eigenvalue weighted by molar-refractivity contribution is -0.109. The summed E-state index contributed by atoms with van der Waals surface area (Å²) >= 11 is 0. The molecule has 0 bridgehead atoms. The molecule has 2 aliphatic heterocycles. The van der Waals surface area contributed by atoms with Crippen molar-refractivity contribution in [1.29, 1.82) is 0 Å². The number of nitrogens with zero attached hydrogens (tertiary/aromatic N) is 2. The zero-order chi connectivity index (χ0) is 35.6. The average Bonchev–Trinajstić information content (AvgIpc) is 3.10. The number of piperidine rings is 1. The minimum Gasteiger partial charge on any atom is -0.506 e. The van der Waals surface area contributed by atoms with Crippen LogP contribution in [0.1, 0.15) is 102 Å². The largest absolute Gasteiger partial charge is 0.506 e. The molecule has 2 aromatic carbocycles. The summed E-state index contributed by atoms with van der Waals surface area (Å²) in [6.45, 7) is 18.4. The van der Waals surface area contributed by atoms with Crippen molar-refractivity contribution < 1.29 is 14.7 Å². The highest BCUT2D eigenvalue weighted by Gasteiger charge is 2.23. The summed E-state index contributed by atoms with van der Waals surface area (Å²) in [4.78, 5) is 25.1. The number of anilines is 2. The second-order valence-corrected chi connectivity index (χ2v) is 13.1. The van der Waals surface area contributed by atoms with Crippen LogP contribution in [0.5, 0.6) is 5.75 Å². The van der Waals surface area contributed by atoms with Crippen LogP contribution in [-0.4, -0.2) is 86.0 Å². The van der Waals surface area contributed by atoms with Gasteiger partial charge in [-0.25, -0.2) is 0 Å². The number of aldehydes is 1. The number of para-hydroxylation sites is 1. The van der Waals surface area contributed by atoms with Gasteiger partial charge in [-0.3, -0.25) is 9.69 Å². The molecule has 0 aromatic heterocycles. The normalized spacial score (nSPS) is 15.7. The number of phenols is 1. The predicted octanol–water partition coefficient (Wildman–Crippen LogP) is 6.66. The van der Waals surface area contributed by atoms with Gasteiger partial charge in [0.05, 0.1) is 5.69 Å². The first-order valence-corrected chi connectivity index (χ1v) is 18.3. The summed E-state index contributed by atoms with van der Waals surface area (Å²) in [5, 5.41) is 18.9. The number of nitrogens with one attached hydrogen (secondary N) is 3. The molecular formula is C39H68N6O3. The maximum atomic E-state index is 10.4. The predicted molar refractivity (Wildman–Crippen MR) is 204 cm³/mol. The molecular weight excluding hydrogens is 600 g/mol. The third kappa shape index (κ3) is 18.4. The second kappa shape index (κ2) is 26.8. The van der Waals surface area contributed by atoms with Crippen molar-refractivity contribution in [3.63, 3.8) is 0 Å². The molecule has 0 aliphatic carbocycles. The Morgan fingerprint density at radius 3 is 2.19 bits per heavy atom. The fraction of sp³-hybridized carbons (Fsp3) is 0.641. The lowest BCUT2D eigenvalue weighted by Gasteiger charge is -2.39. The van der Waals surface area contributed by atoms with Gasteiger partial charge in [-0.15, -0.1) is 0 Å². The maximum Gasteiger partial charge on any atom is 0.207 e. The quantitative estimate of drug-likeness (QED) is 0.0656. The molecule has 4 rings (SSSR count). The Labute approximate surface area is 292 Å². The van der Waals surface area contributed by atoms with Crippen molar-refractivity contribution in [2.75, 3.05) is 57.4 Å². The van der Waals surface area contributed by atoms with Crippen molar-refractivity contribution in [2.45, 2.75) is 117 Å². The Morgan fingerprint density at radius 2 is 1.62 bits per heavy atom. The van der Waals surface area contributed by atoms with Gasteiger partial charge in [0.1, 0.15) is 12.0 Å². The number of nitrogen functional groups attached to an aromatic ring is 1. The number of amides is 1. The molecule has 0 spiro atoms. The van der Waals surface area contributed by atoms with E-state index in [4.69, 9.17) is 10.8 Å². The number of benzene rings is 2. The lowest BCUT2D eigenvalue weighted by atomic mass is 10.0. The maximum absolute atomic E-state index is 10.4. The summed E-state index contributed by atoms with van der Waals surface area (Å²) < 4.78 is 0. The number of piperazine rings is 1. The summed E-state index contributed by atoms with van der Waals surface area (Å²) in [6, 6.07) is 13.2. The van der Waals surface area contributed by atoms with Gasteiger partial charge >= 0.3 is 0 Å². The van der Waals surface area contributed by atoms with E-state index < -0.39 is 0 Å². The number of aryl methyl sites for hydroxylation is 2. The highest BCUT2D eigenvalue weighted by molar-refractivity contribution is 5.58. The minimum absolute atomic E-state index is 0.178. The van der Waals surface area contributed by atoms with E-state index >= 15 is 0 Å². The number of phenolic OH excluding ortho intramolecular Hbond substituents is 1. The molecule has 6 N–H and O–H groups in total.